The summed E-state index contributed by atoms with van der Waals surface area (Å²) in [6.07, 6.45) is -13.7. The van der Waals surface area contributed by atoms with Crippen LogP contribution in [0.4, 0.5) is 57.1 Å². The molecule has 1 aromatic rings. The Balaban J connectivity index is 3.05. The molecule has 1 aromatic carbocycles. The highest BCUT2D eigenvalue weighted by molar-refractivity contribution is 5.16. The Morgan fingerprint density at radius 3 is 1.56 bits per heavy atom. The molecule has 0 aromatic heterocycles. The Kier molecular flexibility index (Phi) is 7.84. The summed E-state index contributed by atoms with van der Waals surface area (Å²) >= 11 is 0. The van der Waals surface area contributed by atoms with E-state index in [9.17, 15) is 62.2 Å². The second-order valence-corrected chi connectivity index (χ2v) is 6.96. The Hall–Kier alpha value is -1.77. The molecule has 0 spiro atoms. The van der Waals surface area contributed by atoms with Crippen molar-refractivity contribution in [3.05, 3.63) is 35.9 Å². The molecule has 186 valence electrons. The predicted molar refractivity (Wildman–Crippen MR) is 84.2 cm³/mol. The van der Waals surface area contributed by atoms with Crippen molar-refractivity contribution in [2.24, 2.45) is 5.73 Å². The monoisotopic (exact) mass is 497 g/mol. The molecule has 0 fully saturated rings. The van der Waals surface area contributed by atoms with Gasteiger partial charge in [0.15, 0.2) is 0 Å². The lowest BCUT2D eigenvalue weighted by Crippen LogP contribution is -2.70. The highest BCUT2D eigenvalue weighted by atomic mass is 19.4. The minimum atomic E-state index is -7.94. The molecule has 0 aliphatic heterocycles. The molecule has 15 heteroatoms. The van der Waals surface area contributed by atoms with Crippen molar-refractivity contribution in [1.29, 1.82) is 0 Å². The van der Waals surface area contributed by atoms with Gasteiger partial charge in [-0.1, -0.05) is 30.3 Å². The second-order valence-electron chi connectivity index (χ2n) is 6.96. The van der Waals surface area contributed by atoms with Gasteiger partial charge in [0.1, 0.15) is 0 Å². The van der Waals surface area contributed by atoms with Crippen LogP contribution in [0.3, 0.4) is 0 Å². The topological polar surface area (TPSA) is 46.2 Å². The Labute approximate surface area is 172 Å². The van der Waals surface area contributed by atoms with E-state index in [1.165, 1.54) is 24.3 Å². The average Bonchev–Trinajstić information content (AvgIpc) is 2.65. The van der Waals surface area contributed by atoms with Gasteiger partial charge >= 0.3 is 35.8 Å². The van der Waals surface area contributed by atoms with Crippen molar-refractivity contribution in [2.75, 3.05) is 0 Å². The van der Waals surface area contributed by atoms with Gasteiger partial charge in [0, 0.05) is 12.5 Å². The summed E-state index contributed by atoms with van der Waals surface area (Å²) in [6, 6.07) is 6.13. The maximum Gasteiger partial charge on any atom is 0.460 e. The highest BCUT2D eigenvalue weighted by Gasteiger charge is 2.90. The van der Waals surface area contributed by atoms with Gasteiger partial charge in [0.25, 0.3) is 0 Å². The van der Waals surface area contributed by atoms with Crippen LogP contribution in [0.2, 0.25) is 0 Å². The van der Waals surface area contributed by atoms with Gasteiger partial charge in [-0.2, -0.15) is 57.1 Å². The first kappa shape index (κ1) is 28.3. The van der Waals surface area contributed by atoms with Crippen molar-refractivity contribution in [1.82, 2.24) is 0 Å². The fraction of sp³-hybridized carbons (Fsp3) is 0.647. The van der Waals surface area contributed by atoms with Gasteiger partial charge in [0.05, 0.1) is 6.10 Å². The maximum atomic E-state index is 13.7. The van der Waals surface area contributed by atoms with E-state index in [1.54, 1.807) is 6.07 Å². The molecule has 2 atom stereocenters. The SMILES string of the molecule is N[C@@H](Cc1ccccc1)[C@H](O)CCC(F)(F)C(F)(F)C(F)(F)C(F)(F)C(F)(F)C(F)(F)F. The lowest BCUT2D eigenvalue weighted by atomic mass is 9.90. The van der Waals surface area contributed by atoms with Crippen LogP contribution in [0.1, 0.15) is 18.4 Å². The zero-order valence-corrected chi connectivity index (χ0v) is 15.6. The van der Waals surface area contributed by atoms with E-state index in [-0.39, 0.29) is 6.42 Å². The van der Waals surface area contributed by atoms with Crippen LogP contribution in [-0.2, 0) is 6.42 Å². The molecule has 0 saturated heterocycles. The Morgan fingerprint density at radius 2 is 1.12 bits per heavy atom. The standard InChI is InChI=1S/C17H16F13NO/c18-12(19,7-6-11(32)10(31)8-9-4-2-1-3-5-9)13(20,21)14(22,23)15(24,25)16(26,27)17(28,29)30/h1-5,10-11,32H,6-8,31H2/t10-,11+/m0/s1. The third-order valence-electron chi connectivity index (χ3n) is 4.56. The molecule has 1 rings (SSSR count). The molecular weight excluding hydrogens is 481 g/mol. The second kappa shape index (κ2) is 8.88. The van der Waals surface area contributed by atoms with Gasteiger partial charge in [-0.3, -0.25) is 0 Å². The molecule has 0 saturated carbocycles. The van der Waals surface area contributed by atoms with Crippen molar-refractivity contribution in [3.63, 3.8) is 0 Å². The number of benzene rings is 1. The van der Waals surface area contributed by atoms with Crippen LogP contribution >= 0.6 is 0 Å². The maximum absolute atomic E-state index is 13.7. The van der Waals surface area contributed by atoms with Gasteiger partial charge in [0.2, 0.25) is 0 Å². The van der Waals surface area contributed by atoms with Crippen molar-refractivity contribution >= 4 is 0 Å². The first-order valence-electron chi connectivity index (χ1n) is 8.57. The van der Waals surface area contributed by atoms with Gasteiger partial charge in [-0.25, -0.2) is 0 Å². The fourth-order valence-electron chi connectivity index (χ4n) is 2.52. The Bertz CT molecular complexity index is 749. The van der Waals surface area contributed by atoms with Crippen LogP contribution in [0.5, 0.6) is 0 Å². The minimum absolute atomic E-state index is 0.212. The number of alkyl halides is 13. The smallest absolute Gasteiger partial charge is 0.391 e. The van der Waals surface area contributed by atoms with Crippen LogP contribution in [0.25, 0.3) is 0 Å². The molecule has 2 nitrogen and oxygen atoms in total. The van der Waals surface area contributed by atoms with Crippen LogP contribution in [0.15, 0.2) is 30.3 Å². The third-order valence-corrected chi connectivity index (χ3v) is 4.56. The molecule has 0 bridgehead atoms. The van der Waals surface area contributed by atoms with E-state index in [0.717, 1.165) is 0 Å². The summed E-state index contributed by atoms with van der Waals surface area (Å²) in [5.74, 6) is -37.1. The van der Waals surface area contributed by atoms with E-state index < -0.39 is 60.8 Å². The fourth-order valence-corrected chi connectivity index (χ4v) is 2.52. The van der Waals surface area contributed by atoms with Crippen molar-refractivity contribution in [2.45, 2.75) is 67.2 Å². The molecule has 3 N–H and O–H groups in total. The van der Waals surface area contributed by atoms with Crippen LogP contribution in [0, 0.1) is 0 Å². The number of aliphatic hydroxyl groups excluding tert-OH is 1. The predicted octanol–water partition coefficient (Wildman–Crippen LogP) is 5.44. The Morgan fingerprint density at radius 1 is 0.688 bits per heavy atom. The third kappa shape index (κ3) is 4.92. The van der Waals surface area contributed by atoms with Crippen molar-refractivity contribution < 1.29 is 62.2 Å². The van der Waals surface area contributed by atoms with E-state index >= 15 is 0 Å². The number of nitrogens with two attached hydrogens (primary N) is 1. The summed E-state index contributed by atoms with van der Waals surface area (Å²) in [5, 5.41) is 9.70. The first-order valence-corrected chi connectivity index (χ1v) is 8.57. The van der Waals surface area contributed by atoms with E-state index in [1.807, 2.05) is 0 Å². The van der Waals surface area contributed by atoms with E-state index in [0.29, 0.717) is 5.56 Å². The molecule has 0 aliphatic rings. The molecule has 32 heavy (non-hydrogen) atoms. The number of aliphatic hydroxyl groups is 1. The van der Waals surface area contributed by atoms with E-state index in [4.69, 9.17) is 5.73 Å². The molecule has 0 aliphatic carbocycles. The normalized spacial score (nSPS) is 16.7. The van der Waals surface area contributed by atoms with Gasteiger partial charge in [-0.05, 0) is 18.4 Å². The zero-order valence-electron chi connectivity index (χ0n) is 15.6. The first-order chi connectivity index (χ1) is 14.1. The lowest BCUT2D eigenvalue weighted by Gasteiger charge is -2.40. The summed E-state index contributed by atoms with van der Waals surface area (Å²) in [6.45, 7) is 0. The zero-order chi connectivity index (χ0) is 25.4. The number of rotatable bonds is 10. The molecule has 0 radical (unpaired) electrons. The number of hydrogen-bond donors (Lipinski definition) is 2. The summed E-state index contributed by atoms with van der Waals surface area (Å²) in [7, 11) is 0. The summed E-state index contributed by atoms with van der Waals surface area (Å²) in [5.41, 5.74) is 5.91. The minimum Gasteiger partial charge on any atom is -0.391 e. The largest absolute Gasteiger partial charge is 0.460 e. The lowest BCUT2D eigenvalue weighted by molar-refractivity contribution is -0.440. The van der Waals surface area contributed by atoms with Crippen molar-refractivity contribution in [3.8, 4) is 0 Å². The molecule has 0 amide bonds. The molecular formula is C17H16F13NO. The van der Waals surface area contributed by atoms with Gasteiger partial charge in [-0.15, -0.1) is 0 Å². The van der Waals surface area contributed by atoms with Crippen LogP contribution < -0.4 is 5.73 Å². The summed E-state index contributed by atoms with van der Waals surface area (Å²) < 4.78 is 169. The number of hydrogen-bond acceptors (Lipinski definition) is 2. The van der Waals surface area contributed by atoms with E-state index in [2.05, 4.69) is 0 Å². The molecule has 0 unspecified atom stereocenters. The summed E-state index contributed by atoms with van der Waals surface area (Å²) in [4.78, 5) is 0. The number of halogens is 13. The quantitative estimate of drug-likeness (QED) is 0.424. The van der Waals surface area contributed by atoms with Crippen LogP contribution in [-0.4, -0.2) is 53.0 Å². The highest BCUT2D eigenvalue weighted by Crippen LogP contribution is 2.60. The van der Waals surface area contributed by atoms with Gasteiger partial charge < -0.3 is 10.8 Å². The average molecular weight is 497 g/mol. The molecule has 0 heterocycles.